The second-order valence-corrected chi connectivity index (χ2v) is 9.32. The van der Waals surface area contributed by atoms with Crippen LogP contribution in [0, 0.1) is 5.82 Å². The van der Waals surface area contributed by atoms with Crippen LogP contribution >= 0.6 is 0 Å². The summed E-state index contributed by atoms with van der Waals surface area (Å²) >= 11 is 0. The Labute approximate surface area is 180 Å². The average Bonchev–Trinajstić information content (AvgIpc) is 3.08. The molecule has 4 rings (SSSR count). The lowest BCUT2D eigenvalue weighted by Gasteiger charge is -2.29. The van der Waals surface area contributed by atoms with E-state index in [0.717, 1.165) is 24.5 Å². The smallest absolute Gasteiger partial charge is 0.240 e. The second-order valence-electron chi connectivity index (χ2n) is 7.60. The Hall–Kier alpha value is -3.05. The lowest BCUT2D eigenvalue weighted by molar-refractivity contribution is 0.386. The molecule has 4 N–H and O–H groups in total. The van der Waals surface area contributed by atoms with Crippen molar-refractivity contribution in [2.45, 2.75) is 42.7 Å². The topological polar surface area (TPSA) is 128 Å². The Balaban J connectivity index is 1.35. The molecule has 0 spiro atoms. The summed E-state index contributed by atoms with van der Waals surface area (Å²) in [5.41, 5.74) is 7.45. The SMILES string of the molecule is Cn1ncc(-c2ccnc(N[C@H]3CC[C@H](NS(=O)(=O)c4cccc(F)c4)CC3)n2)c1N. The average molecular weight is 446 g/mol. The highest BCUT2D eigenvalue weighted by Crippen LogP contribution is 2.26. The first-order valence-electron chi connectivity index (χ1n) is 9.97. The van der Waals surface area contributed by atoms with Gasteiger partial charge in [-0.1, -0.05) is 6.07 Å². The Morgan fingerprint density at radius 1 is 1.16 bits per heavy atom. The van der Waals surface area contributed by atoms with Crippen molar-refractivity contribution in [2.75, 3.05) is 11.1 Å². The van der Waals surface area contributed by atoms with Crippen LogP contribution in [-0.2, 0) is 17.1 Å². The third-order valence-corrected chi connectivity index (χ3v) is 6.92. The summed E-state index contributed by atoms with van der Waals surface area (Å²) in [5.74, 6) is 0.436. The lowest BCUT2D eigenvalue weighted by Crippen LogP contribution is -2.40. The van der Waals surface area contributed by atoms with Gasteiger partial charge in [0.05, 0.1) is 22.3 Å². The van der Waals surface area contributed by atoms with Gasteiger partial charge in [-0.15, -0.1) is 0 Å². The molecule has 0 radical (unpaired) electrons. The molecule has 9 nitrogen and oxygen atoms in total. The van der Waals surface area contributed by atoms with Crippen LogP contribution in [-0.4, -0.2) is 40.2 Å². The highest BCUT2D eigenvalue weighted by molar-refractivity contribution is 7.89. The number of benzene rings is 1. The van der Waals surface area contributed by atoms with E-state index in [9.17, 15) is 12.8 Å². The quantitative estimate of drug-likeness (QED) is 0.531. The number of aryl methyl sites for hydroxylation is 1. The Bertz CT molecular complexity index is 1170. The van der Waals surface area contributed by atoms with Crippen LogP contribution < -0.4 is 15.8 Å². The molecule has 31 heavy (non-hydrogen) atoms. The summed E-state index contributed by atoms with van der Waals surface area (Å²) in [4.78, 5) is 8.76. The molecule has 0 atom stereocenters. The molecule has 1 saturated carbocycles. The van der Waals surface area contributed by atoms with Gasteiger partial charge in [-0.05, 0) is 49.9 Å². The first-order chi connectivity index (χ1) is 14.8. The fraction of sp³-hybridized carbons (Fsp3) is 0.350. The molecule has 1 aromatic carbocycles. The number of rotatable bonds is 6. The molecular weight excluding hydrogens is 421 g/mol. The molecule has 0 bridgehead atoms. The minimum atomic E-state index is -3.75. The Morgan fingerprint density at radius 3 is 2.58 bits per heavy atom. The van der Waals surface area contributed by atoms with Crippen LogP contribution in [0.4, 0.5) is 16.2 Å². The zero-order valence-electron chi connectivity index (χ0n) is 17.0. The number of aromatic nitrogens is 4. The normalized spacial score (nSPS) is 19.3. The predicted octanol–water partition coefficient (Wildman–Crippen LogP) is 2.30. The minimum Gasteiger partial charge on any atom is -0.383 e. The van der Waals surface area contributed by atoms with Gasteiger partial charge in [-0.2, -0.15) is 5.10 Å². The Morgan fingerprint density at radius 2 is 1.90 bits per heavy atom. The van der Waals surface area contributed by atoms with Gasteiger partial charge in [0.2, 0.25) is 16.0 Å². The maximum atomic E-state index is 13.4. The number of nitrogens with zero attached hydrogens (tertiary/aromatic N) is 4. The maximum absolute atomic E-state index is 13.4. The van der Waals surface area contributed by atoms with Crippen LogP contribution in [0.3, 0.4) is 0 Å². The fourth-order valence-corrected chi connectivity index (χ4v) is 5.02. The van der Waals surface area contributed by atoms with Gasteiger partial charge in [0.15, 0.2) is 0 Å². The highest BCUT2D eigenvalue weighted by Gasteiger charge is 2.26. The maximum Gasteiger partial charge on any atom is 0.240 e. The van der Waals surface area contributed by atoms with Gasteiger partial charge in [0, 0.05) is 25.3 Å². The van der Waals surface area contributed by atoms with Crippen molar-refractivity contribution in [1.29, 1.82) is 0 Å². The Kier molecular flexibility index (Phi) is 5.88. The molecule has 0 amide bonds. The molecule has 3 aromatic rings. The van der Waals surface area contributed by atoms with E-state index in [1.165, 1.54) is 18.2 Å². The van der Waals surface area contributed by atoms with Crippen LogP contribution in [0.15, 0.2) is 47.6 Å². The van der Waals surface area contributed by atoms with E-state index in [1.54, 1.807) is 30.2 Å². The largest absolute Gasteiger partial charge is 0.383 e. The molecule has 1 aliphatic carbocycles. The molecule has 0 unspecified atom stereocenters. The van der Waals surface area contributed by atoms with E-state index in [4.69, 9.17) is 5.73 Å². The first kappa shape index (κ1) is 21.2. The summed E-state index contributed by atoms with van der Waals surface area (Å²) in [7, 11) is -1.99. The van der Waals surface area contributed by atoms with E-state index >= 15 is 0 Å². The van der Waals surface area contributed by atoms with Crippen LogP contribution in [0.2, 0.25) is 0 Å². The van der Waals surface area contributed by atoms with Crippen LogP contribution in [0.1, 0.15) is 25.7 Å². The summed E-state index contributed by atoms with van der Waals surface area (Å²) in [6, 6.07) is 6.71. The third-order valence-electron chi connectivity index (χ3n) is 5.40. The minimum absolute atomic E-state index is 0.0624. The van der Waals surface area contributed by atoms with Gasteiger partial charge >= 0.3 is 0 Å². The summed E-state index contributed by atoms with van der Waals surface area (Å²) < 4.78 is 42.6. The summed E-state index contributed by atoms with van der Waals surface area (Å²) in [5, 5.41) is 7.46. The second kappa shape index (κ2) is 8.60. The molecule has 164 valence electrons. The lowest BCUT2D eigenvalue weighted by atomic mass is 9.92. The third kappa shape index (κ3) is 4.83. The molecule has 2 aromatic heterocycles. The number of hydrogen-bond acceptors (Lipinski definition) is 7. The molecule has 1 fully saturated rings. The van der Waals surface area contributed by atoms with E-state index in [1.807, 2.05) is 0 Å². The van der Waals surface area contributed by atoms with Gasteiger partial charge in [0.1, 0.15) is 11.6 Å². The van der Waals surface area contributed by atoms with Crippen molar-refractivity contribution in [3.05, 3.63) is 48.5 Å². The number of sulfonamides is 1. The highest BCUT2D eigenvalue weighted by atomic mass is 32.2. The molecule has 0 aliphatic heterocycles. The van der Waals surface area contributed by atoms with E-state index < -0.39 is 15.8 Å². The van der Waals surface area contributed by atoms with Crippen molar-refractivity contribution in [3.8, 4) is 11.3 Å². The molecule has 1 aliphatic rings. The van der Waals surface area contributed by atoms with Crippen molar-refractivity contribution < 1.29 is 12.8 Å². The number of nitrogens with one attached hydrogen (secondary N) is 2. The number of anilines is 2. The zero-order valence-corrected chi connectivity index (χ0v) is 17.8. The van der Waals surface area contributed by atoms with E-state index in [-0.39, 0.29) is 17.0 Å². The number of hydrogen-bond donors (Lipinski definition) is 3. The zero-order chi connectivity index (χ0) is 22.0. The van der Waals surface area contributed by atoms with Gasteiger partial charge in [-0.25, -0.2) is 27.5 Å². The fourth-order valence-electron chi connectivity index (χ4n) is 3.68. The number of nitrogen functional groups attached to an aromatic ring is 1. The monoisotopic (exact) mass is 445 g/mol. The van der Waals surface area contributed by atoms with Crippen LogP contribution in [0.25, 0.3) is 11.3 Å². The van der Waals surface area contributed by atoms with Gasteiger partial charge < -0.3 is 11.1 Å². The van der Waals surface area contributed by atoms with Gasteiger partial charge in [-0.3, -0.25) is 4.68 Å². The molecule has 0 saturated heterocycles. The summed E-state index contributed by atoms with van der Waals surface area (Å²) in [6.07, 6.45) is 6.13. The first-order valence-corrected chi connectivity index (χ1v) is 11.5. The number of nitrogens with two attached hydrogens (primary N) is 1. The molecule has 2 heterocycles. The molecular formula is C20H24FN7O2S. The summed E-state index contributed by atoms with van der Waals surface area (Å²) in [6.45, 7) is 0. The van der Waals surface area contributed by atoms with Gasteiger partial charge in [0.25, 0.3) is 0 Å². The predicted molar refractivity (Wildman–Crippen MR) is 115 cm³/mol. The van der Waals surface area contributed by atoms with Crippen molar-refractivity contribution in [3.63, 3.8) is 0 Å². The number of halogens is 1. The van der Waals surface area contributed by atoms with E-state index in [0.29, 0.717) is 30.3 Å². The molecule has 11 heteroatoms. The van der Waals surface area contributed by atoms with Crippen LogP contribution in [0.5, 0.6) is 0 Å². The van der Waals surface area contributed by atoms with Crippen molar-refractivity contribution in [1.82, 2.24) is 24.5 Å². The standard InChI is InChI=1S/C20H24FN7O2S/c1-28-19(22)17(12-24-28)18-9-10-23-20(26-18)25-14-5-7-15(8-6-14)27-31(29,30)16-4-2-3-13(21)11-16/h2-4,9-12,14-15,27H,5-8,22H2,1H3,(H,23,25,26)/t14-,15-. The van der Waals surface area contributed by atoms with Crippen molar-refractivity contribution >= 4 is 21.8 Å². The van der Waals surface area contributed by atoms with Crippen molar-refractivity contribution in [2.24, 2.45) is 7.05 Å². The van der Waals surface area contributed by atoms with E-state index in [2.05, 4.69) is 25.1 Å².